The Kier molecular flexibility index (Phi) is 5.53. The number of halogens is 3. The highest BCUT2D eigenvalue weighted by Gasteiger charge is 2.30. The van der Waals surface area contributed by atoms with Gasteiger partial charge in [-0.25, -0.2) is 5.43 Å². The highest BCUT2D eigenvalue weighted by atomic mass is 19.4. The van der Waals surface area contributed by atoms with Crippen LogP contribution >= 0.6 is 0 Å². The number of nitrogens with zero attached hydrogens (tertiary/aromatic N) is 3. The average molecular weight is 422 g/mol. The monoisotopic (exact) mass is 422 g/mol. The van der Waals surface area contributed by atoms with Gasteiger partial charge in [0.05, 0.1) is 17.3 Å². The number of hydrazone groups is 1. The molecule has 0 aliphatic rings. The molecule has 0 spiro atoms. The topological polar surface area (TPSA) is 59.3 Å². The molecule has 0 aliphatic carbocycles. The molecule has 2 aromatic carbocycles. The van der Waals surface area contributed by atoms with Gasteiger partial charge in [0.1, 0.15) is 0 Å². The first-order valence-corrected chi connectivity index (χ1v) is 9.39. The van der Waals surface area contributed by atoms with Crippen LogP contribution < -0.4 is 5.43 Å². The third kappa shape index (κ3) is 4.63. The Morgan fingerprint density at radius 1 is 1.10 bits per heavy atom. The van der Waals surface area contributed by atoms with Gasteiger partial charge in [0, 0.05) is 41.6 Å². The molecule has 0 radical (unpaired) electrons. The second-order valence-corrected chi connectivity index (χ2v) is 6.87. The van der Waals surface area contributed by atoms with E-state index in [1.54, 1.807) is 30.6 Å². The zero-order valence-corrected chi connectivity index (χ0v) is 16.2. The van der Waals surface area contributed by atoms with Crippen LogP contribution in [-0.4, -0.2) is 21.7 Å². The van der Waals surface area contributed by atoms with Crippen LogP contribution in [0.3, 0.4) is 0 Å². The number of nitrogens with one attached hydrogen (secondary N) is 1. The summed E-state index contributed by atoms with van der Waals surface area (Å²) in [4.78, 5) is 16.0. The molecule has 0 bridgehead atoms. The molecule has 2 aromatic heterocycles. The molecule has 0 aliphatic heterocycles. The van der Waals surface area contributed by atoms with E-state index in [9.17, 15) is 18.0 Å². The van der Waals surface area contributed by atoms with Crippen molar-refractivity contribution in [1.82, 2.24) is 15.0 Å². The third-order valence-electron chi connectivity index (χ3n) is 4.72. The van der Waals surface area contributed by atoms with Crippen molar-refractivity contribution in [2.75, 3.05) is 0 Å². The van der Waals surface area contributed by atoms with E-state index in [2.05, 4.69) is 15.5 Å². The summed E-state index contributed by atoms with van der Waals surface area (Å²) < 4.78 is 40.9. The number of rotatable bonds is 5. The summed E-state index contributed by atoms with van der Waals surface area (Å²) in [5.41, 5.74) is 4.26. The highest BCUT2D eigenvalue weighted by Crippen LogP contribution is 2.30. The van der Waals surface area contributed by atoms with Gasteiger partial charge in [-0.3, -0.25) is 9.78 Å². The minimum absolute atomic E-state index is 0.264. The summed E-state index contributed by atoms with van der Waals surface area (Å²) in [6.07, 6.45) is 1.92. The van der Waals surface area contributed by atoms with E-state index in [1.165, 1.54) is 18.5 Å². The van der Waals surface area contributed by atoms with Crippen molar-refractivity contribution in [3.8, 4) is 0 Å². The number of hydrogen-bond donors (Lipinski definition) is 1. The number of alkyl halides is 3. The smallest absolute Gasteiger partial charge is 0.342 e. The van der Waals surface area contributed by atoms with Crippen molar-refractivity contribution in [2.24, 2.45) is 5.10 Å². The molecule has 31 heavy (non-hydrogen) atoms. The van der Waals surface area contributed by atoms with Crippen molar-refractivity contribution in [3.05, 3.63) is 102 Å². The highest BCUT2D eigenvalue weighted by molar-refractivity contribution is 6.00. The van der Waals surface area contributed by atoms with E-state index >= 15 is 0 Å². The van der Waals surface area contributed by atoms with Gasteiger partial charge in [-0.05, 0) is 35.9 Å². The fourth-order valence-electron chi connectivity index (χ4n) is 3.27. The molecule has 0 unspecified atom stereocenters. The summed E-state index contributed by atoms with van der Waals surface area (Å²) >= 11 is 0. The molecule has 0 saturated carbocycles. The zero-order valence-electron chi connectivity index (χ0n) is 16.2. The van der Waals surface area contributed by atoms with Gasteiger partial charge < -0.3 is 4.57 Å². The Balaban J connectivity index is 1.59. The minimum atomic E-state index is -4.39. The summed E-state index contributed by atoms with van der Waals surface area (Å²) in [5, 5.41) is 4.89. The number of pyridine rings is 1. The van der Waals surface area contributed by atoms with Gasteiger partial charge in [0.25, 0.3) is 5.91 Å². The van der Waals surface area contributed by atoms with Gasteiger partial charge >= 0.3 is 6.18 Å². The molecule has 0 saturated heterocycles. The normalized spacial score (nSPS) is 11.8. The van der Waals surface area contributed by atoms with Gasteiger partial charge in [-0.1, -0.05) is 30.3 Å². The molecule has 1 amide bonds. The standard InChI is InChI=1S/C23H17F3N4O/c24-23(25,26)19-7-3-5-16(11-19)14-30-15-18(20-8-1-2-9-21(20)30)13-28-29-22(31)17-6-4-10-27-12-17/h1-13,15H,14H2,(H,29,31)/b28-13+. The minimum Gasteiger partial charge on any atom is -0.342 e. The van der Waals surface area contributed by atoms with Crippen molar-refractivity contribution in [1.29, 1.82) is 0 Å². The number of aromatic nitrogens is 2. The van der Waals surface area contributed by atoms with Crippen LogP contribution in [-0.2, 0) is 12.7 Å². The number of amides is 1. The lowest BCUT2D eigenvalue weighted by atomic mass is 10.1. The first-order valence-electron chi connectivity index (χ1n) is 9.39. The number of benzene rings is 2. The summed E-state index contributed by atoms with van der Waals surface area (Å²) in [6, 6.07) is 16.0. The van der Waals surface area contributed by atoms with Crippen LogP contribution in [0.5, 0.6) is 0 Å². The van der Waals surface area contributed by atoms with Crippen LogP contribution in [0.1, 0.15) is 27.0 Å². The van der Waals surface area contributed by atoms with E-state index in [1.807, 2.05) is 28.8 Å². The van der Waals surface area contributed by atoms with Crippen LogP contribution in [0, 0.1) is 0 Å². The number of fused-ring (bicyclic) bond motifs is 1. The number of carbonyl (C=O) groups is 1. The predicted octanol–water partition coefficient (Wildman–Crippen LogP) is 4.87. The Morgan fingerprint density at radius 2 is 1.94 bits per heavy atom. The summed E-state index contributed by atoms with van der Waals surface area (Å²) in [5.74, 6) is -0.392. The summed E-state index contributed by atoms with van der Waals surface area (Å²) in [6.45, 7) is 0.264. The van der Waals surface area contributed by atoms with Crippen LogP contribution in [0.2, 0.25) is 0 Å². The molecule has 4 aromatic rings. The number of hydrogen-bond acceptors (Lipinski definition) is 3. The second kappa shape index (κ2) is 8.43. The maximum Gasteiger partial charge on any atom is 0.416 e. The number of carbonyl (C=O) groups excluding carboxylic acids is 1. The van der Waals surface area contributed by atoms with Gasteiger partial charge in [-0.15, -0.1) is 0 Å². The third-order valence-corrected chi connectivity index (χ3v) is 4.72. The van der Waals surface area contributed by atoms with Crippen LogP contribution in [0.25, 0.3) is 10.9 Å². The molecule has 0 fully saturated rings. The molecule has 0 atom stereocenters. The van der Waals surface area contributed by atoms with Gasteiger partial charge in [0.2, 0.25) is 0 Å². The fraction of sp³-hybridized carbons (Fsp3) is 0.0870. The van der Waals surface area contributed by atoms with E-state index in [0.717, 1.165) is 28.6 Å². The van der Waals surface area contributed by atoms with Crippen molar-refractivity contribution >= 4 is 23.0 Å². The Morgan fingerprint density at radius 3 is 2.71 bits per heavy atom. The van der Waals surface area contributed by atoms with E-state index in [-0.39, 0.29) is 6.54 Å². The largest absolute Gasteiger partial charge is 0.416 e. The molecule has 4 rings (SSSR count). The average Bonchev–Trinajstić information content (AvgIpc) is 3.11. The molecule has 156 valence electrons. The maximum absolute atomic E-state index is 13.0. The molecule has 8 heteroatoms. The molecular formula is C23H17F3N4O. The van der Waals surface area contributed by atoms with Crippen molar-refractivity contribution < 1.29 is 18.0 Å². The first kappa shape index (κ1) is 20.3. The van der Waals surface area contributed by atoms with Crippen LogP contribution in [0.4, 0.5) is 13.2 Å². The van der Waals surface area contributed by atoms with Crippen molar-refractivity contribution in [3.63, 3.8) is 0 Å². The zero-order chi connectivity index (χ0) is 21.8. The Labute approximate surface area is 175 Å². The van der Waals surface area contributed by atoms with Crippen molar-refractivity contribution in [2.45, 2.75) is 12.7 Å². The molecule has 1 N–H and O–H groups in total. The second-order valence-electron chi connectivity index (χ2n) is 6.87. The van der Waals surface area contributed by atoms with E-state index < -0.39 is 17.6 Å². The number of para-hydroxylation sites is 1. The molecule has 2 heterocycles. The van der Waals surface area contributed by atoms with E-state index in [4.69, 9.17) is 0 Å². The SMILES string of the molecule is O=C(N/N=C/c1cn(Cc2cccc(C(F)(F)F)c2)c2ccccc12)c1cccnc1. The predicted molar refractivity (Wildman–Crippen MR) is 112 cm³/mol. The Bertz CT molecular complexity index is 1250. The van der Waals surface area contributed by atoms with E-state index in [0.29, 0.717) is 11.1 Å². The quantitative estimate of drug-likeness (QED) is 0.369. The first-order chi connectivity index (χ1) is 14.9. The Hall–Kier alpha value is -3.94. The lowest BCUT2D eigenvalue weighted by Gasteiger charge is -2.10. The molecule has 5 nitrogen and oxygen atoms in total. The summed E-state index contributed by atoms with van der Waals surface area (Å²) in [7, 11) is 0. The molecular weight excluding hydrogens is 405 g/mol. The van der Waals surface area contributed by atoms with Crippen LogP contribution in [0.15, 0.2) is 84.4 Å². The lowest BCUT2D eigenvalue weighted by Crippen LogP contribution is -2.17. The van der Waals surface area contributed by atoms with Gasteiger partial charge in [-0.2, -0.15) is 18.3 Å². The maximum atomic E-state index is 13.0. The van der Waals surface area contributed by atoms with Gasteiger partial charge in [0.15, 0.2) is 0 Å². The fourth-order valence-corrected chi connectivity index (χ4v) is 3.27. The lowest BCUT2D eigenvalue weighted by molar-refractivity contribution is -0.137.